The molecule has 152 valence electrons. The molecule has 0 radical (unpaired) electrons. The highest BCUT2D eigenvalue weighted by Crippen LogP contribution is 2.29. The molecule has 3 rings (SSSR count). The van der Waals surface area contributed by atoms with Crippen LogP contribution in [0.15, 0.2) is 35.4 Å². The normalized spacial score (nSPS) is 19.8. The minimum Gasteiger partial charge on any atom is -0.470 e. The maximum absolute atomic E-state index is 12.2. The van der Waals surface area contributed by atoms with E-state index < -0.39 is 16.1 Å². The summed E-state index contributed by atoms with van der Waals surface area (Å²) in [7, 11) is -3.55. The average molecular weight is 427 g/mol. The van der Waals surface area contributed by atoms with E-state index in [2.05, 4.69) is 20.0 Å². The Morgan fingerprint density at radius 3 is 2.57 bits per heavy atom. The molecular weight excluding hydrogens is 404 g/mol. The van der Waals surface area contributed by atoms with Gasteiger partial charge in [-0.2, -0.15) is 4.98 Å². The highest BCUT2D eigenvalue weighted by Gasteiger charge is 2.28. The maximum atomic E-state index is 12.2. The van der Waals surface area contributed by atoms with Crippen LogP contribution in [-0.2, 0) is 10.0 Å². The highest BCUT2D eigenvalue weighted by molar-refractivity contribution is 7.89. The van der Waals surface area contributed by atoms with Crippen molar-refractivity contribution in [2.24, 2.45) is 0 Å². The van der Waals surface area contributed by atoms with Gasteiger partial charge in [0.15, 0.2) is 0 Å². The quantitative estimate of drug-likeness (QED) is 0.623. The first kappa shape index (κ1) is 20.8. The summed E-state index contributed by atoms with van der Waals surface area (Å²) in [6.07, 6.45) is 2.87. The van der Waals surface area contributed by atoms with Gasteiger partial charge < -0.3 is 15.2 Å². The number of hydrogen-bond acceptors (Lipinski definition) is 7. The summed E-state index contributed by atoms with van der Waals surface area (Å²) >= 11 is 6.10. The summed E-state index contributed by atoms with van der Waals surface area (Å²) in [6, 6.07) is 6.04. The summed E-state index contributed by atoms with van der Waals surface area (Å²) in [4.78, 5) is 8.54. The number of benzene rings is 1. The average Bonchev–Trinajstić information content (AvgIpc) is 3.02. The van der Waals surface area contributed by atoms with Crippen LogP contribution >= 0.6 is 11.6 Å². The lowest BCUT2D eigenvalue weighted by molar-refractivity contribution is 0.0575. The molecule has 1 aliphatic rings. The molecule has 8 nitrogen and oxygen atoms in total. The number of halogens is 1. The van der Waals surface area contributed by atoms with Crippen LogP contribution in [0.25, 0.3) is 0 Å². The van der Waals surface area contributed by atoms with Crippen molar-refractivity contribution in [3.8, 4) is 5.88 Å². The van der Waals surface area contributed by atoms with Gasteiger partial charge in [0.05, 0.1) is 17.2 Å². The summed E-state index contributed by atoms with van der Waals surface area (Å²) < 4.78 is 32.6. The van der Waals surface area contributed by atoms with Gasteiger partial charge in [-0.05, 0) is 57.4 Å². The van der Waals surface area contributed by atoms with Gasteiger partial charge in [-0.3, -0.25) is 0 Å². The Balaban J connectivity index is 1.72. The molecular formula is C18H23ClN4O4S. The predicted octanol–water partition coefficient (Wildman–Crippen LogP) is 2.85. The van der Waals surface area contributed by atoms with Gasteiger partial charge in [-0.1, -0.05) is 11.6 Å². The Bertz CT molecular complexity index is 922. The van der Waals surface area contributed by atoms with Crippen molar-refractivity contribution < 1.29 is 18.3 Å². The van der Waals surface area contributed by atoms with E-state index in [0.29, 0.717) is 12.1 Å². The van der Waals surface area contributed by atoms with E-state index in [1.54, 1.807) is 26.0 Å². The molecule has 1 saturated carbocycles. The third-order valence-electron chi connectivity index (χ3n) is 4.20. The fourth-order valence-corrected chi connectivity index (χ4v) is 4.29. The molecule has 0 bridgehead atoms. The summed E-state index contributed by atoms with van der Waals surface area (Å²) in [6.45, 7) is 3.52. The minimum absolute atomic E-state index is 0.169. The molecule has 0 aliphatic heterocycles. The minimum atomic E-state index is -3.55. The standard InChI is InChI=1S/C18H23ClN4O4S/c1-11(2)23-28(25,26)13-8-6-12(7-9-13)21-18-20-10-14(19)17(22-18)27-16-5-3-4-15(16)24/h6-11,15-16,23-24H,3-5H2,1-2H3,(H,20,21,22)/t15-,16+/m0/s1. The zero-order chi connectivity index (χ0) is 20.3. The van der Waals surface area contributed by atoms with Gasteiger partial charge in [0, 0.05) is 11.7 Å². The van der Waals surface area contributed by atoms with Crippen LogP contribution in [0, 0.1) is 0 Å². The highest BCUT2D eigenvalue weighted by atomic mass is 35.5. The third kappa shape index (κ3) is 5.11. The Kier molecular flexibility index (Phi) is 6.39. The Labute approximate surface area is 169 Å². The second kappa shape index (κ2) is 8.60. The zero-order valence-corrected chi connectivity index (χ0v) is 17.2. The number of nitrogens with one attached hydrogen (secondary N) is 2. The number of hydrogen-bond donors (Lipinski definition) is 3. The first-order valence-corrected chi connectivity index (χ1v) is 10.9. The molecule has 1 aliphatic carbocycles. The van der Waals surface area contributed by atoms with Gasteiger partial charge in [0.1, 0.15) is 11.1 Å². The van der Waals surface area contributed by atoms with Crippen LogP contribution in [0.1, 0.15) is 33.1 Å². The Morgan fingerprint density at radius 1 is 1.25 bits per heavy atom. The number of rotatable bonds is 7. The van der Waals surface area contributed by atoms with Crippen molar-refractivity contribution in [2.75, 3.05) is 5.32 Å². The van der Waals surface area contributed by atoms with E-state index in [4.69, 9.17) is 16.3 Å². The maximum Gasteiger partial charge on any atom is 0.240 e. The van der Waals surface area contributed by atoms with Crippen LogP contribution in [0.5, 0.6) is 5.88 Å². The van der Waals surface area contributed by atoms with E-state index in [-0.39, 0.29) is 33.9 Å². The number of sulfonamides is 1. The SMILES string of the molecule is CC(C)NS(=O)(=O)c1ccc(Nc2ncc(Cl)c(O[C@@H]3CCC[C@@H]3O)n2)cc1. The zero-order valence-electron chi connectivity index (χ0n) is 15.6. The second-order valence-corrected chi connectivity index (χ2v) is 9.05. The van der Waals surface area contributed by atoms with Crippen LogP contribution in [0.2, 0.25) is 5.02 Å². The van der Waals surface area contributed by atoms with Crippen LogP contribution in [0.3, 0.4) is 0 Å². The fraction of sp³-hybridized carbons (Fsp3) is 0.444. The lowest BCUT2D eigenvalue weighted by Gasteiger charge is -2.17. The van der Waals surface area contributed by atoms with Crippen molar-refractivity contribution in [1.29, 1.82) is 0 Å². The van der Waals surface area contributed by atoms with Gasteiger partial charge in [-0.15, -0.1) is 0 Å². The number of aliphatic hydroxyl groups is 1. The molecule has 28 heavy (non-hydrogen) atoms. The lowest BCUT2D eigenvalue weighted by atomic mass is 10.3. The second-order valence-electron chi connectivity index (χ2n) is 6.93. The lowest BCUT2D eigenvalue weighted by Crippen LogP contribution is -2.30. The van der Waals surface area contributed by atoms with Gasteiger partial charge in [0.25, 0.3) is 0 Å². The van der Waals surface area contributed by atoms with Gasteiger partial charge in [0.2, 0.25) is 21.9 Å². The monoisotopic (exact) mass is 426 g/mol. The summed E-state index contributed by atoms with van der Waals surface area (Å²) in [5.74, 6) is 0.452. The molecule has 1 aromatic heterocycles. The number of aliphatic hydroxyl groups excluding tert-OH is 1. The van der Waals surface area contributed by atoms with Crippen molar-refractivity contribution in [3.63, 3.8) is 0 Å². The largest absolute Gasteiger partial charge is 0.470 e. The molecule has 2 aromatic rings. The number of ether oxygens (including phenoxy) is 1. The molecule has 0 amide bonds. The summed E-state index contributed by atoms with van der Waals surface area (Å²) in [5.41, 5.74) is 0.609. The van der Waals surface area contributed by atoms with Crippen LogP contribution in [0.4, 0.5) is 11.6 Å². The van der Waals surface area contributed by atoms with E-state index in [0.717, 1.165) is 12.8 Å². The third-order valence-corrected chi connectivity index (χ3v) is 6.14. The summed E-state index contributed by atoms with van der Waals surface area (Å²) in [5, 5.41) is 13.2. The van der Waals surface area contributed by atoms with Crippen LogP contribution < -0.4 is 14.8 Å². The molecule has 0 spiro atoms. The van der Waals surface area contributed by atoms with Crippen LogP contribution in [-0.4, -0.2) is 41.7 Å². The van der Waals surface area contributed by atoms with Crippen molar-refractivity contribution >= 4 is 33.3 Å². The van der Waals surface area contributed by atoms with E-state index in [1.807, 2.05) is 0 Å². The number of anilines is 2. The fourth-order valence-electron chi connectivity index (χ4n) is 2.91. The Hall–Kier alpha value is -1.94. The Morgan fingerprint density at radius 2 is 1.96 bits per heavy atom. The van der Waals surface area contributed by atoms with Crippen molar-refractivity contribution in [3.05, 3.63) is 35.5 Å². The van der Waals surface area contributed by atoms with E-state index in [9.17, 15) is 13.5 Å². The smallest absolute Gasteiger partial charge is 0.240 e. The number of nitrogens with zero attached hydrogens (tertiary/aromatic N) is 2. The molecule has 2 atom stereocenters. The van der Waals surface area contributed by atoms with Crippen molar-refractivity contribution in [2.45, 2.75) is 56.3 Å². The van der Waals surface area contributed by atoms with Gasteiger partial charge >= 0.3 is 0 Å². The number of aromatic nitrogens is 2. The van der Waals surface area contributed by atoms with E-state index >= 15 is 0 Å². The molecule has 0 unspecified atom stereocenters. The van der Waals surface area contributed by atoms with Gasteiger partial charge in [-0.25, -0.2) is 18.1 Å². The molecule has 1 aromatic carbocycles. The predicted molar refractivity (Wildman–Crippen MR) is 106 cm³/mol. The first-order chi connectivity index (χ1) is 13.2. The molecule has 1 heterocycles. The van der Waals surface area contributed by atoms with Crippen molar-refractivity contribution in [1.82, 2.24) is 14.7 Å². The topological polar surface area (TPSA) is 113 Å². The molecule has 1 fully saturated rings. The molecule has 0 saturated heterocycles. The van der Waals surface area contributed by atoms with E-state index in [1.165, 1.54) is 18.3 Å². The molecule has 10 heteroatoms. The first-order valence-electron chi connectivity index (χ1n) is 9.01. The molecule has 3 N–H and O–H groups in total.